The van der Waals surface area contributed by atoms with E-state index in [2.05, 4.69) is 15.3 Å². The molecule has 0 aliphatic rings. The van der Waals surface area contributed by atoms with Gasteiger partial charge in [-0.15, -0.1) is 0 Å². The quantitative estimate of drug-likeness (QED) is 0.669. The molecule has 0 fully saturated rings. The van der Waals surface area contributed by atoms with Crippen LogP contribution in [-0.4, -0.2) is 23.0 Å². The highest BCUT2D eigenvalue weighted by Crippen LogP contribution is 2.22. The summed E-state index contributed by atoms with van der Waals surface area (Å²) in [6.45, 7) is 1.76. The molecule has 0 atom stereocenters. The van der Waals surface area contributed by atoms with E-state index in [9.17, 15) is 4.79 Å². The lowest BCUT2D eigenvalue weighted by Gasteiger charge is -2.08. The van der Waals surface area contributed by atoms with Gasteiger partial charge in [0.2, 0.25) is 5.95 Å². The molecule has 0 saturated carbocycles. The number of nitrogens with one attached hydrogen (secondary N) is 1. The Labute approximate surface area is 120 Å². The van der Waals surface area contributed by atoms with Crippen molar-refractivity contribution in [3.05, 3.63) is 40.7 Å². The van der Waals surface area contributed by atoms with Crippen molar-refractivity contribution >= 4 is 29.1 Å². The smallest absolute Gasteiger partial charge is 0.258 e. The van der Waals surface area contributed by atoms with Crippen molar-refractivity contribution in [3.8, 4) is 5.75 Å². The number of amides is 1. The zero-order valence-corrected chi connectivity index (χ0v) is 11.7. The van der Waals surface area contributed by atoms with Gasteiger partial charge in [0.05, 0.1) is 12.8 Å². The summed E-state index contributed by atoms with van der Waals surface area (Å²) in [5.41, 5.74) is 7.17. The third-order valence-electron chi connectivity index (χ3n) is 2.54. The maximum absolute atomic E-state index is 12.1. The highest BCUT2D eigenvalue weighted by molar-refractivity contribution is 6.29. The van der Waals surface area contributed by atoms with Crippen molar-refractivity contribution < 1.29 is 9.53 Å². The molecule has 1 aromatic heterocycles. The van der Waals surface area contributed by atoms with Crippen LogP contribution in [0.3, 0.4) is 0 Å². The Balaban J connectivity index is 2.21. The predicted octanol–water partition coefficient (Wildman–Crippen LogP) is 2.28. The summed E-state index contributed by atoms with van der Waals surface area (Å²) < 4.78 is 5.03. The van der Waals surface area contributed by atoms with Crippen LogP contribution in [0.1, 0.15) is 16.1 Å². The van der Waals surface area contributed by atoms with Crippen molar-refractivity contribution in [2.24, 2.45) is 0 Å². The fourth-order valence-corrected chi connectivity index (χ4v) is 1.87. The number of aromatic nitrogens is 2. The number of nitrogen functional groups attached to an aromatic ring is 1. The molecule has 2 rings (SSSR count). The van der Waals surface area contributed by atoms with Crippen LogP contribution in [0, 0.1) is 6.92 Å². The Hall–Kier alpha value is -2.34. The summed E-state index contributed by atoms with van der Waals surface area (Å²) in [5.74, 6) is 0.284. The first-order valence-corrected chi connectivity index (χ1v) is 6.13. The number of nitrogens with two attached hydrogens (primary N) is 1. The lowest BCUT2D eigenvalue weighted by Crippen LogP contribution is -2.15. The molecular weight excluding hydrogens is 280 g/mol. The summed E-state index contributed by atoms with van der Waals surface area (Å²) in [5, 5.41) is 2.83. The topological polar surface area (TPSA) is 90.1 Å². The minimum atomic E-state index is -0.374. The number of hydrogen-bond donors (Lipinski definition) is 2. The van der Waals surface area contributed by atoms with Crippen LogP contribution in [0.5, 0.6) is 5.75 Å². The number of ether oxygens (including phenoxy) is 1. The zero-order chi connectivity index (χ0) is 14.7. The highest BCUT2D eigenvalue weighted by Gasteiger charge is 2.11. The van der Waals surface area contributed by atoms with Crippen LogP contribution in [0.25, 0.3) is 0 Å². The lowest BCUT2D eigenvalue weighted by atomic mass is 10.2. The average molecular weight is 293 g/mol. The van der Waals surface area contributed by atoms with E-state index < -0.39 is 0 Å². The molecule has 7 heteroatoms. The van der Waals surface area contributed by atoms with Crippen LogP contribution in [0.2, 0.25) is 5.15 Å². The second kappa shape index (κ2) is 5.75. The van der Waals surface area contributed by atoms with Gasteiger partial charge in [0.25, 0.3) is 5.91 Å². The van der Waals surface area contributed by atoms with Crippen LogP contribution in [0.15, 0.2) is 24.3 Å². The fraction of sp³-hybridized carbons (Fsp3) is 0.154. The summed E-state index contributed by atoms with van der Waals surface area (Å²) in [4.78, 5) is 20.1. The molecule has 0 radical (unpaired) electrons. The van der Waals surface area contributed by atoms with Crippen LogP contribution < -0.4 is 15.8 Å². The van der Waals surface area contributed by atoms with Gasteiger partial charge in [-0.05, 0) is 31.2 Å². The van der Waals surface area contributed by atoms with Crippen molar-refractivity contribution in [3.63, 3.8) is 0 Å². The predicted molar refractivity (Wildman–Crippen MR) is 77.1 cm³/mol. The summed E-state index contributed by atoms with van der Waals surface area (Å²) in [7, 11) is 1.51. The standard InChI is InChI=1S/C13H13ClN4O2/c1-7-5-11(14)17-13(16-7)18-12(19)8-3-4-10(20-2)9(15)6-8/h3-6H,15H2,1-2H3,(H,16,17,18,19). The molecule has 20 heavy (non-hydrogen) atoms. The first-order chi connectivity index (χ1) is 9.49. The number of nitrogens with zero attached hydrogens (tertiary/aromatic N) is 2. The van der Waals surface area contributed by atoms with E-state index in [1.54, 1.807) is 25.1 Å². The Kier molecular flexibility index (Phi) is 4.05. The lowest BCUT2D eigenvalue weighted by molar-refractivity contribution is 0.102. The summed E-state index contributed by atoms with van der Waals surface area (Å²) in [6.07, 6.45) is 0. The van der Waals surface area contributed by atoms with Gasteiger partial charge in [-0.1, -0.05) is 11.6 Å². The number of hydrogen-bond acceptors (Lipinski definition) is 5. The first-order valence-electron chi connectivity index (χ1n) is 5.75. The molecule has 104 valence electrons. The van der Waals surface area contributed by atoms with E-state index in [1.165, 1.54) is 13.2 Å². The number of halogens is 1. The van der Waals surface area contributed by atoms with Gasteiger partial charge in [0, 0.05) is 11.3 Å². The Morgan fingerprint density at radius 1 is 1.35 bits per heavy atom. The van der Waals surface area contributed by atoms with Gasteiger partial charge >= 0.3 is 0 Å². The molecule has 0 unspecified atom stereocenters. The number of rotatable bonds is 3. The monoisotopic (exact) mass is 292 g/mol. The molecule has 1 aromatic carbocycles. The second-order valence-corrected chi connectivity index (χ2v) is 4.45. The minimum Gasteiger partial charge on any atom is -0.495 e. The molecule has 0 aliphatic heterocycles. The molecule has 2 aromatic rings. The Bertz CT molecular complexity index is 641. The highest BCUT2D eigenvalue weighted by atomic mass is 35.5. The van der Waals surface area contributed by atoms with Gasteiger partial charge in [-0.25, -0.2) is 9.97 Å². The van der Waals surface area contributed by atoms with Crippen molar-refractivity contribution in [2.45, 2.75) is 6.92 Å². The normalized spacial score (nSPS) is 10.2. The SMILES string of the molecule is COc1ccc(C(=O)Nc2nc(C)cc(Cl)n2)cc1N. The minimum absolute atomic E-state index is 0.148. The molecule has 0 saturated heterocycles. The second-order valence-electron chi connectivity index (χ2n) is 4.07. The zero-order valence-electron chi connectivity index (χ0n) is 11.0. The van der Waals surface area contributed by atoms with Gasteiger partial charge in [-0.3, -0.25) is 10.1 Å². The van der Waals surface area contributed by atoms with Crippen LogP contribution >= 0.6 is 11.6 Å². The third kappa shape index (κ3) is 3.16. The number of anilines is 2. The molecule has 0 spiro atoms. The molecular formula is C13H13ClN4O2. The molecule has 0 aliphatic carbocycles. The van der Waals surface area contributed by atoms with Crippen LogP contribution in [-0.2, 0) is 0 Å². The first kappa shape index (κ1) is 14.1. The third-order valence-corrected chi connectivity index (χ3v) is 2.73. The molecule has 1 heterocycles. The van der Waals surface area contributed by atoms with Crippen molar-refractivity contribution in [1.29, 1.82) is 0 Å². The fourth-order valence-electron chi connectivity index (χ4n) is 1.64. The average Bonchev–Trinajstić information content (AvgIpc) is 2.37. The molecule has 3 N–H and O–H groups in total. The summed E-state index contributed by atoms with van der Waals surface area (Å²) in [6, 6.07) is 6.34. The van der Waals surface area contributed by atoms with E-state index in [1.807, 2.05) is 0 Å². The van der Waals surface area contributed by atoms with E-state index in [-0.39, 0.29) is 17.0 Å². The van der Waals surface area contributed by atoms with E-state index >= 15 is 0 Å². The molecule has 6 nitrogen and oxygen atoms in total. The van der Waals surface area contributed by atoms with Gasteiger partial charge < -0.3 is 10.5 Å². The van der Waals surface area contributed by atoms with Gasteiger partial charge in [0.1, 0.15) is 10.9 Å². The number of methoxy groups -OCH3 is 1. The molecule has 1 amide bonds. The van der Waals surface area contributed by atoms with Gasteiger partial charge in [-0.2, -0.15) is 0 Å². The Morgan fingerprint density at radius 3 is 2.70 bits per heavy atom. The van der Waals surface area contributed by atoms with Crippen LogP contribution in [0.4, 0.5) is 11.6 Å². The number of carbonyl (C=O) groups is 1. The van der Waals surface area contributed by atoms with E-state index in [0.29, 0.717) is 22.7 Å². The van der Waals surface area contributed by atoms with E-state index in [0.717, 1.165) is 0 Å². The van der Waals surface area contributed by atoms with Crippen molar-refractivity contribution in [2.75, 3.05) is 18.2 Å². The van der Waals surface area contributed by atoms with Gasteiger partial charge in [0.15, 0.2) is 0 Å². The maximum atomic E-state index is 12.1. The number of benzene rings is 1. The Morgan fingerprint density at radius 2 is 2.10 bits per heavy atom. The van der Waals surface area contributed by atoms with Crippen molar-refractivity contribution in [1.82, 2.24) is 9.97 Å². The maximum Gasteiger partial charge on any atom is 0.258 e. The summed E-state index contributed by atoms with van der Waals surface area (Å²) >= 11 is 5.81. The number of carbonyl (C=O) groups excluding carboxylic acids is 1. The number of aryl methyl sites for hydroxylation is 1. The largest absolute Gasteiger partial charge is 0.495 e. The van der Waals surface area contributed by atoms with E-state index in [4.69, 9.17) is 22.1 Å². The molecule has 0 bridgehead atoms.